The van der Waals surface area contributed by atoms with E-state index in [4.69, 9.17) is 18.9 Å². The van der Waals surface area contributed by atoms with Crippen molar-refractivity contribution in [2.75, 3.05) is 53.9 Å². The van der Waals surface area contributed by atoms with Gasteiger partial charge in [0, 0.05) is 53.9 Å². The first-order chi connectivity index (χ1) is 9.54. The topological polar surface area (TPSA) is 36.9 Å². The molecule has 0 N–H and O–H groups in total. The van der Waals surface area contributed by atoms with Gasteiger partial charge in [-0.1, -0.05) is 27.7 Å². The first kappa shape index (κ1) is 22.1. The van der Waals surface area contributed by atoms with E-state index in [0.29, 0.717) is 11.8 Å². The van der Waals surface area contributed by atoms with E-state index in [2.05, 4.69) is 27.7 Å². The van der Waals surface area contributed by atoms with Crippen LogP contribution in [0.2, 0.25) is 0 Å². The standard InChI is InChI=1S/C11H24O2.C5H12O2/c1-10(2)8-12-6-5-7-13-9-11(3)4;1-6-4-3-5-7-2/h10-11H,5-9H2,1-4H3;3-5H2,1-2H3. The van der Waals surface area contributed by atoms with Crippen LogP contribution in [0.1, 0.15) is 40.5 Å². The SMILES string of the molecule is CC(C)COCCCOCC(C)C.COCCCOC. The lowest BCUT2D eigenvalue weighted by molar-refractivity contribution is 0.0628. The van der Waals surface area contributed by atoms with E-state index in [9.17, 15) is 0 Å². The lowest BCUT2D eigenvalue weighted by atomic mass is 10.2. The summed E-state index contributed by atoms with van der Waals surface area (Å²) in [7, 11) is 3.38. The van der Waals surface area contributed by atoms with Gasteiger partial charge in [-0.3, -0.25) is 0 Å². The molecule has 0 unspecified atom stereocenters. The molecule has 0 aromatic rings. The minimum atomic E-state index is 0.636. The molecule has 0 aromatic carbocycles. The normalized spacial score (nSPS) is 10.8. The van der Waals surface area contributed by atoms with E-state index >= 15 is 0 Å². The van der Waals surface area contributed by atoms with Crippen LogP contribution in [0.4, 0.5) is 0 Å². The lowest BCUT2D eigenvalue weighted by Gasteiger charge is -2.08. The Morgan fingerprint density at radius 1 is 0.600 bits per heavy atom. The maximum absolute atomic E-state index is 5.42. The van der Waals surface area contributed by atoms with Crippen molar-refractivity contribution in [2.45, 2.75) is 40.5 Å². The molecule has 0 saturated carbocycles. The fourth-order valence-electron chi connectivity index (χ4n) is 1.25. The van der Waals surface area contributed by atoms with Crippen LogP contribution in [-0.2, 0) is 18.9 Å². The molecule has 4 heteroatoms. The molecule has 0 aromatic heterocycles. The Morgan fingerprint density at radius 3 is 1.25 bits per heavy atom. The molecule has 0 rings (SSSR count). The molecule has 0 spiro atoms. The Labute approximate surface area is 126 Å². The van der Waals surface area contributed by atoms with E-state index in [1.807, 2.05) is 0 Å². The van der Waals surface area contributed by atoms with Crippen molar-refractivity contribution in [1.82, 2.24) is 0 Å². The van der Waals surface area contributed by atoms with E-state index in [-0.39, 0.29) is 0 Å². The molecule has 0 aliphatic heterocycles. The Morgan fingerprint density at radius 2 is 0.950 bits per heavy atom. The molecule has 20 heavy (non-hydrogen) atoms. The van der Waals surface area contributed by atoms with Crippen LogP contribution < -0.4 is 0 Å². The predicted molar refractivity (Wildman–Crippen MR) is 84.3 cm³/mol. The number of ether oxygens (including phenoxy) is 4. The van der Waals surface area contributed by atoms with Gasteiger partial charge < -0.3 is 18.9 Å². The number of rotatable bonds is 12. The number of methoxy groups -OCH3 is 2. The van der Waals surface area contributed by atoms with Crippen LogP contribution >= 0.6 is 0 Å². The summed E-state index contributed by atoms with van der Waals surface area (Å²) < 4.78 is 20.4. The van der Waals surface area contributed by atoms with Gasteiger partial charge in [-0.2, -0.15) is 0 Å². The third-order valence-electron chi connectivity index (χ3n) is 2.18. The average Bonchev–Trinajstić information content (AvgIpc) is 2.38. The minimum absolute atomic E-state index is 0.636. The zero-order valence-electron chi connectivity index (χ0n) is 14.4. The molecular formula is C16H36O4. The van der Waals surface area contributed by atoms with Crippen molar-refractivity contribution in [1.29, 1.82) is 0 Å². The molecule has 0 fully saturated rings. The molecule has 4 nitrogen and oxygen atoms in total. The van der Waals surface area contributed by atoms with Gasteiger partial charge in [0.25, 0.3) is 0 Å². The van der Waals surface area contributed by atoms with Crippen LogP contribution in [0.5, 0.6) is 0 Å². The second kappa shape index (κ2) is 18.8. The Bertz CT molecular complexity index is 145. The van der Waals surface area contributed by atoms with Crippen molar-refractivity contribution in [3.05, 3.63) is 0 Å². The van der Waals surface area contributed by atoms with E-state index in [0.717, 1.165) is 52.5 Å². The molecule has 0 heterocycles. The second-order valence-electron chi connectivity index (χ2n) is 5.63. The minimum Gasteiger partial charge on any atom is -0.385 e. The van der Waals surface area contributed by atoms with Gasteiger partial charge >= 0.3 is 0 Å². The summed E-state index contributed by atoms with van der Waals surface area (Å²) in [6, 6.07) is 0. The highest BCUT2D eigenvalue weighted by atomic mass is 16.5. The lowest BCUT2D eigenvalue weighted by Crippen LogP contribution is -2.08. The Kier molecular flexibility index (Phi) is 20.8. The number of hydrogen-bond donors (Lipinski definition) is 0. The molecule has 0 saturated heterocycles. The molecule has 0 bridgehead atoms. The van der Waals surface area contributed by atoms with Gasteiger partial charge in [0.2, 0.25) is 0 Å². The van der Waals surface area contributed by atoms with Crippen molar-refractivity contribution in [2.24, 2.45) is 11.8 Å². The molecule has 0 radical (unpaired) electrons. The molecule has 0 atom stereocenters. The maximum atomic E-state index is 5.42. The molecular weight excluding hydrogens is 256 g/mol. The fourth-order valence-corrected chi connectivity index (χ4v) is 1.25. The van der Waals surface area contributed by atoms with Gasteiger partial charge in [0.1, 0.15) is 0 Å². The fraction of sp³-hybridized carbons (Fsp3) is 1.00. The highest BCUT2D eigenvalue weighted by Gasteiger charge is 1.95. The number of hydrogen-bond acceptors (Lipinski definition) is 4. The monoisotopic (exact) mass is 292 g/mol. The van der Waals surface area contributed by atoms with Crippen molar-refractivity contribution >= 4 is 0 Å². The first-order valence-electron chi connectivity index (χ1n) is 7.67. The van der Waals surface area contributed by atoms with Gasteiger partial charge in [-0.25, -0.2) is 0 Å². The predicted octanol–water partition coefficient (Wildman–Crippen LogP) is 3.39. The second-order valence-corrected chi connectivity index (χ2v) is 5.63. The molecule has 0 amide bonds. The third-order valence-corrected chi connectivity index (χ3v) is 2.18. The van der Waals surface area contributed by atoms with Gasteiger partial charge in [0.15, 0.2) is 0 Å². The summed E-state index contributed by atoms with van der Waals surface area (Å²) in [5.74, 6) is 1.27. The van der Waals surface area contributed by atoms with E-state index in [1.54, 1.807) is 14.2 Å². The average molecular weight is 292 g/mol. The van der Waals surface area contributed by atoms with Crippen molar-refractivity contribution in [3.8, 4) is 0 Å². The van der Waals surface area contributed by atoms with Crippen molar-refractivity contribution in [3.63, 3.8) is 0 Å². The van der Waals surface area contributed by atoms with Crippen LogP contribution in [-0.4, -0.2) is 53.9 Å². The quantitative estimate of drug-likeness (QED) is 0.517. The smallest absolute Gasteiger partial charge is 0.0489 e. The molecule has 0 aliphatic carbocycles. The van der Waals surface area contributed by atoms with Crippen LogP contribution in [0.3, 0.4) is 0 Å². The largest absolute Gasteiger partial charge is 0.385 e. The zero-order chi connectivity index (χ0) is 15.6. The van der Waals surface area contributed by atoms with Gasteiger partial charge in [0.05, 0.1) is 0 Å². The first-order valence-corrected chi connectivity index (χ1v) is 7.67. The maximum Gasteiger partial charge on any atom is 0.0489 e. The summed E-state index contributed by atoms with van der Waals surface area (Å²) in [5.41, 5.74) is 0. The van der Waals surface area contributed by atoms with Crippen LogP contribution in [0.15, 0.2) is 0 Å². The summed E-state index contributed by atoms with van der Waals surface area (Å²) in [4.78, 5) is 0. The van der Waals surface area contributed by atoms with Crippen LogP contribution in [0.25, 0.3) is 0 Å². The summed E-state index contributed by atoms with van der Waals surface area (Å²) in [6.45, 7) is 13.6. The molecule has 124 valence electrons. The molecule has 0 aliphatic rings. The summed E-state index contributed by atoms with van der Waals surface area (Å²) in [6.07, 6.45) is 2.01. The van der Waals surface area contributed by atoms with Crippen molar-refractivity contribution < 1.29 is 18.9 Å². The summed E-state index contributed by atoms with van der Waals surface area (Å²) in [5, 5.41) is 0. The zero-order valence-corrected chi connectivity index (χ0v) is 14.4. The highest BCUT2D eigenvalue weighted by Crippen LogP contribution is 1.96. The van der Waals surface area contributed by atoms with Crippen LogP contribution in [0, 0.1) is 11.8 Å². The third kappa shape index (κ3) is 26.4. The van der Waals surface area contributed by atoms with Gasteiger partial charge in [-0.15, -0.1) is 0 Å². The Hall–Kier alpha value is -0.160. The van der Waals surface area contributed by atoms with E-state index < -0.39 is 0 Å². The summed E-state index contributed by atoms with van der Waals surface area (Å²) >= 11 is 0. The Balaban J connectivity index is 0. The van der Waals surface area contributed by atoms with Gasteiger partial charge in [-0.05, 0) is 24.7 Å². The highest BCUT2D eigenvalue weighted by molar-refractivity contribution is 4.42. The van der Waals surface area contributed by atoms with E-state index in [1.165, 1.54) is 0 Å².